The van der Waals surface area contributed by atoms with Crippen LogP contribution in [0.3, 0.4) is 0 Å². The Morgan fingerprint density at radius 2 is 1.80 bits per heavy atom. The van der Waals surface area contributed by atoms with Crippen molar-refractivity contribution in [2.24, 2.45) is 0 Å². The number of benzene rings is 3. The molecule has 208 valence electrons. The van der Waals surface area contributed by atoms with Gasteiger partial charge in [-0.25, -0.2) is 0 Å². The van der Waals surface area contributed by atoms with Crippen molar-refractivity contribution in [1.82, 2.24) is 10.2 Å². The van der Waals surface area contributed by atoms with Gasteiger partial charge in [-0.15, -0.1) is 10.2 Å². The molecular weight excluding hydrogens is 578 g/mol. The van der Waals surface area contributed by atoms with Crippen LogP contribution in [0.15, 0.2) is 76.6 Å². The summed E-state index contributed by atoms with van der Waals surface area (Å²) >= 11 is 8.72. The third-order valence-corrected chi connectivity index (χ3v) is 9.57. The zero-order chi connectivity index (χ0) is 28.7. The SMILES string of the molecule is CCc1ccc(C2/C(=C(\O)c3ccc4c(c3)CC(C)O4)C(=O)C(=O)N2c2nnc(SCc3ccc(Cl)cc3)s2)cc1. The van der Waals surface area contributed by atoms with Crippen LogP contribution in [-0.4, -0.2) is 33.1 Å². The smallest absolute Gasteiger partial charge is 0.301 e. The van der Waals surface area contributed by atoms with Gasteiger partial charge >= 0.3 is 5.91 Å². The van der Waals surface area contributed by atoms with Gasteiger partial charge in [0.05, 0.1) is 11.6 Å². The number of aryl methyl sites for hydroxylation is 1. The number of carbonyl (C=O) groups excluding carboxylic acids is 2. The molecule has 1 aromatic heterocycles. The average Bonchev–Trinajstić information content (AvgIpc) is 3.67. The molecule has 3 aromatic carbocycles. The number of aliphatic hydroxyl groups excluding tert-OH is 1. The highest BCUT2D eigenvalue weighted by Gasteiger charge is 2.48. The number of hydrogen-bond donors (Lipinski definition) is 1. The van der Waals surface area contributed by atoms with E-state index in [2.05, 4.69) is 17.1 Å². The molecule has 1 saturated heterocycles. The number of amides is 1. The molecule has 3 heterocycles. The summed E-state index contributed by atoms with van der Waals surface area (Å²) in [5, 5.41) is 21.1. The van der Waals surface area contributed by atoms with Crippen molar-refractivity contribution < 1.29 is 19.4 Å². The van der Waals surface area contributed by atoms with Crippen LogP contribution in [0, 0.1) is 0 Å². The van der Waals surface area contributed by atoms with Crippen molar-refractivity contribution in [3.05, 3.63) is 105 Å². The topological polar surface area (TPSA) is 92.6 Å². The Hall–Kier alpha value is -3.66. The van der Waals surface area contributed by atoms with Crippen molar-refractivity contribution >= 4 is 57.3 Å². The molecule has 1 N–H and O–H groups in total. The monoisotopic (exact) mass is 603 g/mol. The van der Waals surface area contributed by atoms with Gasteiger partial charge in [0.15, 0.2) is 4.34 Å². The molecule has 1 fully saturated rings. The minimum atomic E-state index is -0.855. The Kier molecular flexibility index (Phi) is 7.59. The number of ketones is 1. The van der Waals surface area contributed by atoms with Crippen LogP contribution in [0.4, 0.5) is 5.13 Å². The van der Waals surface area contributed by atoms with Crippen LogP contribution < -0.4 is 9.64 Å². The van der Waals surface area contributed by atoms with Gasteiger partial charge in [0.25, 0.3) is 5.78 Å². The predicted molar refractivity (Wildman–Crippen MR) is 162 cm³/mol. The highest BCUT2D eigenvalue weighted by Crippen LogP contribution is 2.44. The summed E-state index contributed by atoms with van der Waals surface area (Å²) in [6.07, 6.45) is 1.59. The van der Waals surface area contributed by atoms with Crippen LogP contribution in [0.1, 0.15) is 47.7 Å². The van der Waals surface area contributed by atoms with E-state index in [0.717, 1.165) is 28.9 Å². The molecule has 41 heavy (non-hydrogen) atoms. The fraction of sp³-hybridized carbons (Fsp3) is 0.226. The number of Topliss-reactive ketones (excluding diaryl/α,β-unsaturated/α-hetero) is 1. The van der Waals surface area contributed by atoms with Crippen molar-refractivity contribution in [3.63, 3.8) is 0 Å². The zero-order valence-electron chi connectivity index (χ0n) is 22.3. The molecule has 0 spiro atoms. The normalized spacial score (nSPS) is 19.4. The molecule has 2 atom stereocenters. The summed E-state index contributed by atoms with van der Waals surface area (Å²) in [4.78, 5) is 28.4. The Morgan fingerprint density at radius 1 is 1.07 bits per heavy atom. The molecule has 0 bridgehead atoms. The maximum absolute atomic E-state index is 13.5. The Morgan fingerprint density at radius 3 is 2.54 bits per heavy atom. The zero-order valence-corrected chi connectivity index (χ0v) is 24.7. The van der Waals surface area contributed by atoms with Gasteiger partial charge in [0.1, 0.15) is 17.6 Å². The fourth-order valence-electron chi connectivity index (χ4n) is 5.09. The molecule has 2 unspecified atom stereocenters. The average molecular weight is 604 g/mol. The van der Waals surface area contributed by atoms with E-state index in [1.807, 2.05) is 61.5 Å². The second kappa shape index (κ2) is 11.3. The summed E-state index contributed by atoms with van der Waals surface area (Å²) in [5.41, 5.74) is 4.33. The van der Waals surface area contributed by atoms with Crippen molar-refractivity contribution in [3.8, 4) is 5.75 Å². The second-order valence-electron chi connectivity index (χ2n) is 9.99. The lowest BCUT2D eigenvalue weighted by Crippen LogP contribution is -2.29. The number of halogens is 1. The van der Waals surface area contributed by atoms with E-state index in [4.69, 9.17) is 16.3 Å². The summed E-state index contributed by atoms with van der Waals surface area (Å²) in [5.74, 6) is -0.326. The molecule has 10 heteroatoms. The van der Waals surface area contributed by atoms with Crippen molar-refractivity contribution in [1.29, 1.82) is 0 Å². The first kappa shape index (κ1) is 27.5. The predicted octanol–water partition coefficient (Wildman–Crippen LogP) is 7.00. The minimum Gasteiger partial charge on any atom is -0.507 e. The molecule has 0 saturated carbocycles. The molecule has 7 nitrogen and oxygen atoms in total. The number of fused-ring (bicyclic) bond motifs is 1. The third-order valence-electron chi connectivity index (χ3n) is 7.20. The van der Waals surface area contributed by atoms with E-state index in [1.54, 1.807) is 12.1 Å². The van der Waals surface area contributed by atoms with Gasteiger partial charge in [-0.3, -0.25) is 14.5 Å². The first-order valence-corrected chi connectivity index (χ1v) is 15.4. The van der Waals surface area contributed by atoms with E-state index >= 15 is 0 Å². The van der Waals surface area contributed by atoms with E-state index in [-0.39, 0.29) is 17.4 Å². The van der Waals surface area contributed by atoms with Crippen LogP contribution in [-0.2, 0) is 28.2 Å². The summed E-state index contributed by atoms with van der Waals surface area (Å²) < 4.78 is 6.46. The Labute approximate surface area is 250 Å². The molecule has 6 rings (SSSR count). The van der Waals surface area contributed by atoms with Gasteiger partial charge in [-0.2, -0.15) is 0 Å². The number of ether oxygens (including phenoxy) is 1. The number of carbonyl (C=O) groups is 2. The van der Waals surface area contributed by atoms with E-state index in [9.17, 15) is 14.7 Å². The summed E-state index contributed by atoms with van der Waals surface area (Å²) in [6.45, 7) is 4.04. The first-order valence-electron chi connectivity index (χ1n) is 13.2. The number of nitrogens with zero attached hydrogens (tertiary/aromatic N) is 3. The van der Waals surface area contributed by atoms with Crippen molar-refractivity contribution in [2.75, 3.05) is 4.90 Å². The van der Waals surface area contributed by atoms with Gasteiger partial charge in [-0.1, -0.05) is 78.0 Å². The second-order valence-corrected chi connectivity index (χ2v) is 12.6. The quantitative estimate of drug-likeness (QED) is 0.0799. The van der Waals surface area contributed by atoms with Gasteiger partial charge in [-0.05, 0) is 65.9 Å². The number of aliphatic hydroxyl groups is 1. The molecule has 4 aromatic rings. The molecule has 2 aliphatic heterocycles. The van der Waals surface area contributed by atoms with Crippen LogP contribution >= 0.6 is 34.7 Å². The molecule has 0 aliphatic carbocycles. The first-order chi connectivity index (χ1) is 19.8. The van der Waals surface area contributed by atoms with E-state index in [1.165, 1.54) is 28.0 Å². The number of hydrogen-bond acceptors (Lipinski definition) is 8. The lowest BCUT2D eigenvalue weighted by Gasteiger charge is -2.22. The van der Waals surface area contributed by atoms with Crippen LogP contribution in [0.25, 0.3) is 5.76 Å². The molecule has 0 radical (unpaired) electrons. The summed E-state index contributed by atoms with van der Waals surface area (Å²) in [6, 6.07) is 19.8. The maximum Gasteiger partial charge on any atom is 0.301 e. The highest BCUT2D eigenvalue weighted by atomic mass is 35.5. The summed E-state index contributed by atoms with van der Waals surface area (Å²) in [7, 11) is 0. The fourth-order valence-corrected chi connectivity index (χ4v) is 7.04. The lowest BCUT2D eigenvalue weighted by molar-refractivity contribution is -0.132. The number of anilines is 1. The highest BCUT2D eigenvalue weighted by molar-refractivity contribution is 8.00. The van der Waals surface area contributed by atoms with Crippen molar-refractivity contribution in [2.45, 2.75) is 48.9 Å². The van der Waals surface area contributed by atoms with Gasteiger partial charge in [0, 0.05) is 22.8 Å². The minimum absolute atomic E-state index is 0.0247. The van der Waals surface area contributed by atoms with Crippen LogP contribution in [0.2, 0.25) is 5.02 Å². The molecule has 2 aliphatic rings. The van der Waals surface area contributed by atoms with E-state index < -0.39 is 17.7 Å². The van der Waals surface area contributed by atoms with Gasteiger partial charge in [0.2, 0.25) is 5.13 Å². The Bertz CT molecular complexity index is 1670. The number of aromatic nitrogens is 2. The van der Waals surface area contributed by atoms with E-state index in [0.29, 0.717) is 37.8 Å². The maximum atomic E-state index is 13.5. The van der Waals surface area contributed by atoms with Gasteiger partial charge < -0.3 is 9.84 Å². The molecule has 1 amide bonds. The number of thioether (sulfide) groups is 1. The Balaban J connectivity index is 1.38. The lowest BCUT2D eigenvalue weighted by atomic mass is 9.94. The van der Waals surface area contributed by atoms with Crippen LogP contribution in [0.5, 0.6) is 5.75 Å². The number of rotatable bonds is 7. The largest absolute Gasteiger partial charge is 0.507 e. The third kappa shape index (κ3) is 5.37. The standard InChI is InChI=1S/C31H26ClN3O4S2/c1-3-18-4-8-20(9-5-18)26-25(27(36)21-10-13-24-22(15-21)14-17(2)39-24)28(37)29(38)35(26)30-33-34-31(41-30)40-16-19-6-11-23(32)12-7-19/h4-13,15,17,26,36H,3,14,16H2,1-2H3/b27-25+. The molecular formula is C31H26ClN3O4S2.